The first-order valence-electron chi connectivity index (χ1n) is 3.33. The topological polar surface area (TPSA) is 164 Å². The van der Waals surface area contributed by atoms with Gasteiger partial charge in [-0.3, -0.25) is 0 Å². The Labute approximate surface area is 83.8 Å². The standard InChI is InChI=1S/C3HFN6O6/c4-3(9(12)13,10(14)15)8(11)6-2-1-5-16-7-2/h1H. The highest BCUT2D eigenvalue weighted by atomic mass is 19.2. The van der Waals surface area contributed by atoms with Crippen molar-refractivity contribution in [3.8, 4) is 0 Å². The Kier molecular flexibility index (Phi) is 2.69. The molecule has 0 bridgehead atoms. The molecular formula is C3HFN6O6. The fourth-order valence-corrected chi connectivity index (χ4v) is 0.567. The molecular weight excluding hydrogens is 235 g/mol. The van der Waals surface area contributed by atoms with Gasteiger partial charge in [-0.2, -0.15) is 0 Å². The number of alkyl halides is 1. The van der Waals surface area contributed by atoms with E-state index >= 15 is 0 Å². The first kappa shape index (κ1) is 11.3. The van der Waals surface area contributed by atoms with Gasteiger partial charge in [0.2, 0.25) is 9.85 Å². The highest BCUT2D eigenvalue weighted by Crippen LogP contribution is 2.17. The average Bonchev–Trinajstić information content (AvgIpc) is 2.68. The highest BCUT2D eigenvalue weighted by molar-refractivity contribution is 5.14. The fraction of sp³-hybridized carbons (Fsp3) is 0.333. The normalized spacial score (nSPS) is 12.4. The van der Waals surface area contributed by atoms with Crippen LogP contribution in [0.5, 0.6) is 0 Å². The Bertz CT molecular complexity index is 427. The molecule has 0 amide bonds. The van der Waals surface area contributed by atoms with E-state index in [1.807, 2.05) is 0 Å². The van der Waals surface area contributed by atoms with Crippen molar-refractivity contribution >= 4 is 5.82 Å². The highest BCUT2D eigenvalue weighted by Gasteiger charge is 2.72. The minimum absolute atomic E-state index is 0.652. The lowest BCUT2D eigenvalue weighted by molar-refractivity contribution is -1.01. The molecule has 86 valence electrons. The Morgan fingerprint density at radius 2 is 1.94 bits per heavy atom. The summed E-state index contributed by atoms with van der Waals surface area (Å²) in [5, 5.41) is 39.3. The molecule has 0 unspecified atom stereocenters. The van der Waals surface area contributed by atoms with E-state index in [-0.39, 0.29) is 0 Å². The third-order valence-electron chi connectivity index (χ3n) is 1.25. The van der Waals surface area contributed by atoms with Crippen LogP contribution in [0.1, 0.15) is 0 Å². The molecule has 0 N–H and O–H groups in total. The van der Waals surface area contributed by atoms with Crippen LogP contribution in [0.25, 0.3) is 0 Å². The van der Waals surface area contributed by atoms with Crippen molar-refractivity contribution in [3.05, 3.63) is 31.6 Å². The van der Waals surface area contributed by atoms with E-state index in [0.717, 1.165) is 0 Å². The quantitative estimate of drug-likeness (QED) is 0.173. The minimum Gasteiger partial charge on any atom is -0.586 e. The summed E-state index contributed by atoms with van der Waals surface area (Å²) in [6.07, 6.45) is 0.700. The lowest BCUT2D eigenvalue weighted by Gasteiger charge is -2.02. The first-order chi connectivity index (χ1) is 7.39. The second kappa shape index (κ2) is 3.79. The Morgan fingerprint density at radius 1 is 1.38 bits per heavy atom. The summed E-state index contributed by atoms with van der Waals surface area (Å²) in [5.41, 5.74) is 0. The van der Waals surface area contributed by atoms with Gasteiger partial charge in [0.15, 0.2) is 0 Å². The van der Waals surface area contributed by atoms with Gasteiger partial charge in [-0.05, 0) is 9.55 Å². The van der Waals surface area contributed by atoms with Crippen molar-refractivity contribution in [2.75, 3.05) is 0 Å². The molecule has 0 fully saturated rings. The molecule has 0 aromatic carbocycles. The lowest BCUT2D eigenvalue weighted by Crippen LogP contribution is -2.49. The first-order valence-corrected chi connectivity index (χ1v) is 3.33. The van der Waals surface area contributed by atoms with Crippen LogP contribution in [0.3, 0.4) is 0 Å². The number of halogens is 1. The molecule has 0 saturated carbocycles. The zero-order valence-electron chi connectivity index (χ0n) is 7.09. The van der Waals surface area contributed by atoms with Gasteiger partial charge >= 0.3 is 6.04 Å². The van der Waals surface area contributed by atoms with Gasteiger partial charge < -0.3 is 5.21 Å². The van der Waals surface area contributed by atoms with Gasteiger partial charge in [0.05, 0.1) is 4.86 Å². The van der Waals surface area contributed by atoms with Crippen molar-refractivity contribution in [1.82, 2.24) is 10.3 Å². The summed E-state index contributed by atoms with van der Waals surface area (Å²) in [7, 11) is 0. The van der Waals surface area contributed by atoms with E-state index in [0.29, 0.717) is 6.20 Å². The molecule has 1 heterocycles. The second-order valence-corrected chi connectivity index (χ2v) is 2.21. The maximum atomic E-state index is 13.1. The summed E-state index contributed by atoms with van der Waals surface area (Å²) in [6, 6.07) is -4.63. The van der Waals surface area contributed by atoms with Crippen molar-refractivity contribution in [2.45, 2.75) is 6.04 Å². The van der Waals surface area contributed by atoms with Gasteiger partial charge in [-0.1, -0.05) is 5.16 Å². The summed E-state index contributed by atoms with van der Waals surface area (Å²) in [4.78, 5) is 14.7. The number of nitrogens with zero attached hydrogens (tertiary/aromatic N) is 6. The van der Waals surface area contributed by atoms with E-state index in [2.05, 4.69) is 20.1 Å². The predicted octanol–water partition coefficient (Wildman–Crippen LogP) is -0.202. The molecule has 1 aromatic heterocycles. The van der Waals surface area contributed by atoms with Crippen molar-refractivity contribution < 1.29 is 23.7 Å². The molecule has 1 rings (SSSR count). The number of hydroxylamine groups is 1. The average molecular weight is 236 g/mol. The number of azo groups is 1. The fourth-order valence-electron chi connectivity index (χ4n) is 0.567. The van der Waals surface area contributed by atoms with Crippen LogP contribution in [0, 0.1) is 25.4 Å². The van der Waals surface area contributed by atoms with Crippen LogP contribution < -0.4 is 0 Å². The number of hydrogen-bond donors (Lipinski definition) is 0. The largest absolute Gasteiger partial charge is 0.866 e. The molecule has 13 heteroatoms. The third-order valence-corrected chi connectivity index (χ3v) is 1.25. The molecule has 0 radical (unpaired) electrons. The Morgan fingerprint density at radius 3 is 2.31 bits per heavy atom. The van der Waals surface area contributed by atoms with Crippen LogP contribution in [0.4, 0.5) is 10.2 Å². The number of nitro groups is 2. The Hall–Kier alpha value is -2.73. The smallest absolute Gasteiger partial charge is 0.586 e. The SMILES string of the molecule is O=[N+]([O-])C(F)([N+](=O)[O-])[N+]([O-])=Nc1cnon1. The zero-order chi connectivity index (χ0) is 12.3. The third kappa shape index (κ3) is 1.72. The van der Waals surface area contributed by atoms with E-state index in [1.54, 1.807) is 0 Å². The summed E-state index contributed by atoms with van der Waals surface area (Å²) in [5.74, 6) is -0.652. The van der Waals surface area contributed by atoms with Crippen LogP contribution in [0.2, 0.25) is 0 Å². The molecule has 12 nitrogen and oxygen atoms in total. The monoisotopic (exact) mass is 236 g/mol. The van der Waals surface area contributed by atoms with Gasteiger partial charge in [0, 0.05) is 5.11 Å². The van der Waals surface area contributed by atoms with Gasteiger partial charge in [0.25, 0.3) is 5.82 Å². The summed E-state index contributed by atoms with van der Waals surface area (Å²) in [6.45, 7) is 0. The summed E-state index contributed by atoms with van der Waals surface area (Å²) >= 11 is 0. The second-order valence-electron chi connectivity index (χ2n) is 2.21. The lowest BCUT2D eigenvalue weighted by atomic mass is 10.8. The minimum atomic E-state index is -4.63. The molecule has 16 heavy (non-hydrogen) atoms. The molecule has 0 aliphatic heterocycles. The van der Waals surface area contributed by atoms with E-state index in [9.17, 15) is 29.8 Å². The van der Waals surface area contributed by atoms with Crippen LogP contribution >= 0.6 is 0 Å². The molecule has 1 aromatic rings. The van der Waals surface area contributed by atoms with Gasteiger partial charge in [-0.15, -0.1) is 0 Å². The molecule has 0 spiro atoms. The van der Waals surface area contributed by atoms with Crippen LogP contribution in [-0.2, 0) is 0 Å². The van der Waals surface area contributed by atoms with Crippen LogP contribution in [0.15, 0.2) is 15.9 Å². The van der Waals surface area contributed by atoms with Crippen molar-refractivity contribution in [2.24, 2.45) is 5.11 Å². The maximum absolute atomic E-state index is 13.1. The maximum Gasteiger partial charge on any atom is 0.866 e. The molecule has 0 aliphatic rings. The van der Waals surface area contributed by atoms with E-state index in [1.165, 1.54) is 0 Å². The van der Waals surface area contributed by atoms with E-state index in [4.69, 9.17) is 0 Å². The Balaban J connectivity index is 3.15. The predicted molar refractivity (Wildman–Crippen MR) is 37.8 cm³/mol. The summed E-state index contributed by atoms with van der Waals surface area (Å²) < 4.78 is 17.0. The molecule has 0 aliphatic carbocycles. The van der Waals surface area contributed by atoms with Crippen LogP contribution in [-0.4, -0.2) is 31.1 Å². The molecule has 0 saturated heterocycles. The zero-order valence-corrected chi connectivity index (χ0v) is 7.09. The van der Waals surface area contributed by atoms with Gasteiger partial charge in [-0.25, -0.2) is 24.9 Å². The number of hydrogen-bond acceptors (Lipinski definition) is 9. The number of aromatic nitrogens is 2. The van der Waals surface area contributed by atoms with Gasteiger partial charge in [0.1, 0.15) is 6.20 Å². The van der Waals surface area contributed by atoms with E-state index < -0.39 is 26.6 Å². The molecule has 0 atom stereocenters. The van der Waals surface area contributed by atoms with Crippen molar-refractivity contribution in [3.63, 3.8) is 0 Å². The van der Waals surface area contributed by atoms with Crippen molar-refractivity contribution in [1.29, 1.82) is 0 Å². The number of rotatable bonds is 4.